The summed E-state index contributed by atoms with van der Waals surface area (Å²) in [5, 5.41) is 5.56. The Bertz CT molecular complexity index is 929. The van der Waals surface area contributed by atoms with Gasteiger partial charge < -0.3 is 5.32 Å². The van der Waals surface area contributed by atoms with Crippen molar-refractivity contribution in [3.8, 4) is 0 Å². The minimum absolute atomic E-state index is 0.0322. The number of carbonyl (C=O) groups is 1. The van der Waals surface area contributed by atoms with E-state index in [1.807, 2.05) is 24.3 Å². The molecule has 1 heterocycles. The Kier molecular flexibility index (Phi) is 1.85. The summed E-state index contributed by atoms with van der Waals surface area (Å²) in [7, 11) is 0. The molecule has 3 aromatic rings. The number of amides is 1. The molecule has 90 valence electrons. The molecule has 1 amide bonds. The van der Waals surface area contributed by atoms with E-state index < -0.39 is 0 Å². The van der Waals surface area contributed by atoms with Gasteiger partial charge in [0.15, 0.2) is 5.43 Å². The standard InChI is InChI=1S/C16H9NO2/c18-15-10-5-2-1-4-9(10)8-12-14-11(15)6-3-7-13(14)17-16(12)19/h1-8H,(H,17,19). The minimum atomic E-state index is -0.146. The summed E-state index contributed by atoms with van der Waals surface area (Å²) in [4.78, 5) is 24.6. The molecule has 3 heteroatoms. The van der Waals surface area contributed by atoms with Crippen molar-refractivity contribution in [2.24, 2.45) is 0 Å². The summed E-state index contributed by atoms with van der Waals surface area (Å²) >= 11 is 0. The summed E-state index contributed by atoms with van der Waals surface area (Å²) in [6.45, 7) is 0. The third-order valence-corrected chi connectivity index (χ3v) is 3.58. The van der Waals surface area contributed by atoms with Crippen LogP contribution in [0.2, 0.25) is 0 Å². The fourth-order valence-corrected chi connectivity index (χ4v) is 2.71. The first-order valence-corrected chi connectivity index (χ1v) is 6.06. The summed E-state index contributed by atoms with van der Waals surface area (Å²) in [6.07, 6.45) is 0. The smallest absolute Gasteiger partial charge is 0.256 e. The molecular weight excluding hydrogens is 238 g/mol. The van der Waals surface area contributed by atoms with Crippen molar-refractivity contribution in [2.75, 3.05) is 5.32 Å². The van der Waals surface area contributed by atoms with E-state index in [4.69, 9.17) is 0 Å². The lowest BCUT2D eigenvalue weighted by molar-refractivity contribution is 0.103. The highest BCUT2D eigenvalue weighted by Gasteiger charge is 2.22. The van der Waals surface area contributed by atoms with Gasteiger partial charge in [0.2, 0.25) is 0 Å². The minimum Gasteiger partial charge on any atom is -0.321 e. The predicted molar refractivity (Wildman–Crippen MR) is 75.7 cm³/mol. The molecule has 0 spiro atoms. The van der Waals surface area contributed by atoms with E-state index in [0.29, 0.717) is 16.3 Å². The highest BCUT2D eigenvalue weighted by molar-refractivity contribution is 6.24. The molecule has 0 saturated heterocycles. The fraction of sp³-hybridized carbons (Fsp3) is 0. The molecule has 19 heavy (non-hydrogen) atoms. The van der Waals surface area contributed by atoms with Gasteiger partial charge in [0.25, 0.3) is 5.91 Å². The molecule has 3 aromatic carbocycles. The molecule has 0 unspecified atom stereocenters. The normalized spacial score (nSPS) is 12.9. The molecule has 0 saturated carbocycles. The van der Waals surface area contributed by atoms with Crippen LogP contribution in [0, 0.1) is 0 Å². The van der Waals surface area contributed by atoms with Gasteiger partial charge in [0.05, 0.1) is 5.56 Å². The van der Waals surface area contributed by atoms with Crippen LogP contribution in [-0.4, -0.2) is 5.91 Å². The van der Waals surface area contributed by atoms with Crippen LogP contribution < -0.4 is 10.7 Å². The topological polar surface area (TPSA) is 46.2 Å². The number of benzene rings is 2. The number of nitrogens with one attached hydrogen (secondary N) is 1. The number of rotatable bonds is 0. The van der Waals surface area contributed by atoms with Gasteiger partial charge in [-0.25, -0.2) is 0 Å². The van der Waals surface area contributed by atoms with Crippen LogP contribution in [0.4, 0.5) is 5.69 Å². The van der Waals surface area contributed by atoms with E-state index >= 15 is 0 Å². The number of fused-ring (bicyclic) bond motifs is 1. The number of hydrogen-bond donors (Lipinski definition) is 1. The van der Waals surface area contributed by atoms with Crippen molar-refractivity contribution in [1.82, 2.24) is 0 Å². The average molecular weight is 247 g/mol. The molecule has 1 aliphatic rings. The molecule has 0 aromatic heterocycles. The molecule has 0 radical (unpaired) electrons. The van der Waals surface area contributed by atoms with Crippen molar-refractivity contribution in [2.45, 2.75) is 0 Å². The molecule has 0 atom stereocenters. The monoisotopic (exact) mass is 247 g/mol. The molecule has 0 fully saturated rings. The Hall–Kier alpha value is -2.68. The van der Waals surface area contributed by atoms with E-state index in [2.05, 4.69) is 5.32 Å². The fourth-order valence-electron chi connectivity index (χ4n) is 2.71. The van der Waals surface area contributed by atoms with Crippen molar-refractivity contribution < 1.29 is 4.79 Å². The molecule has 1 aliphatic heterocycles. The zero-order chi connectivity index (χ0) is 13.0. The number of hydrogen-bond acceptors (Lipinski definition) is 2. The molecular formula is C16H9NO2. The highest BCUT2D eigenvalue weighted by atomic mass is 16.2. The Balaban J connectivity index is 2.43. The lowest BCUT2D eigenvalue weighted by Gasteiger charge is -1.96. The third-order valence-electron chi connectivity index (χ3n) is 3.58. The lowest BCUT2D eigenvalue weighted by atomic mass is 10.1. The zero-order valence-electron chi connectivity index (χ0n) is 9.94. The van der Waals surface area contributed by atoms with E-state index in [0.717, 1.165) is 16.5 Å². The largest absolute Gasteiger partial charge is 0.321 e. The maximum Gasteiger partial charge on any atom is 0.256 e. The molecule has 3 nitrogen and oxygen atoms in total. The van der Waals surface area contributed by atoms with Crippen LogP contribution in [0.3, 0.4) is 0 Å². The summed E-state index contributed by atoms with van der Waals surface area (Å²) in [5.41, 5.74) is 1.26. The Morgan fingerprint density at radius 1 is 0.842 bits per heavy atom. The first-order chi connectivity index (χ1) is 9.25. The van der Waals surface area contributed by atoms with Crippen molar-refractivity contribution in [3.63, 3.8) is 0 Å². The van der Waals surface area contributed by atoms with Crippen LogP contribution in [0.15, 0.2) is 53.3 Å². The van der Waals surface area contributed by atoms with Crippen LogP contribution in [0.5, 0.6) is 0 Å². The average Bonchev–Trinajstić information content (AvgIpc) is 2.67. The number of carbonyl (C=O) groups excluding carboxylic acids is 1. The van der Waals surface area contributed by atoms with Gasteiger partial charge in [-0.2, -0.15) is 0 Å². The quantitative estimate of drug-likeness (QED) is 0.664. The van der Waals surface area contributed by atoms with Gasteiger partial charge in [-0.1, -0.05) is 36.4 Å². The van der Waals surface area contributed by atoms with Crippen LogP contribution in [0.25, 0.3) is 21.5 Å². The van der Waals surface area contributed by atoms with Gasteiger partial charge in [0, 0.05) is 21.8 Å². The highest BCUT2D eigenvalue weighted by Crippen LogP contribution is 2.32. The van der Waals surface area contributed by atoms with Crippen LogP contribution in [-0.2, 0) is 0 Å². The van der Waals surface area contributed by atoms with Gasteiger partial charge in [-0.3, -0.25) is 9.59 Å². The Labute approximate surface area is 108 Å². The Morgan fingerprint density at radius 3 is 2.53 bits per heavy atom. The van der Waals surface area contributed by atoms with Crippen molar-refractivity contribution in [1.29, 1.82) is 0 Å². The van der Waals surface area contributed by atoms with E-state index in [1.54, 1.807) is 24.3 Å². The predicted octanol–water partition coefficient (Wildman–Crippen LogP) is 2.92. The zero-order valence-corrected chi connectivity index (χ0v) is 9.94. The maximum atomic E-state index is 12.6. The number of anilines is 1. The van der Waals surface area contributed by atoms with Gasteiger partial charge in [-0.05, 0) is 17.5 Å². The van der Waals surface area contributed by atoms with Gasteiger partial charge >= 0.3 is 0 Å². The second-order valence-electron chi connectivity index (χ2n) is 4.66. The van der Waals surface area contributed by atoms with Crippen LogP contribution >= 0.6 is 0 Å². The summed E-state index contributed by atoms with van der Waals surface area (Å²) in [5.74, 6) is -0.146. The molecule has 4 rings (SSSR count). The Morgan fingerprint density at radius 2 is 1.63 bits per heavy atom. The van der Waals surface area contributed by atoms with E-state index in [1.165, 1.54) is 0 Å². The molecule has 1 N–H and O–H groups in total. The first kappa shape index (κ1) is 10.3. The summed E-state index contributed by atoms with van der Waals surface area (Å²) < 4.78 is 0. The van der Waals surface area contributed by atoms with Gasteiger partial charge in [0.1, 0.15) is 0 Å². The maximum absolute atomic E-state index is 12.6. The summed E-state index contributed by atoms with van der Waals surface area (Å²) in [6, 6.07) is 14.6. The third kappa shape index (κ3) is 1.27. The van der Waals surface area contributed by atoms with Crippen molar-refractivity contribution >= 4 is 33.1 Å². The first-order valence-electron chi connectivity index (χ1n) is 6.06. The molecule has 0 aliphatic carbocycles. The van der Waals surface area contributed by atoms with E-state index in [-0.39, 0.29) is 11.3 Å². The van der Waals surface area contributed by atoms with Crippen molar-refractivity contribution in [3.05, 3.63) is 64.3 Å². The second-order valence-corrected chi connectivity index (χ2v) is 4.66. The van der Waals surface area contributed by atoms with E-state index in [9.17, 15) is 9.59 Å². The second kappa shape index (κ2) is 3.42. The van der Waals surface area contributed by atoms with Gasteiger partial charge in [-0.15, -0.1) is 0 Å². The lowest BCUT2D eigenvalue weighted by Crippen LogP contribution is -2.03. The molecule has 0 bridgehead atoms. The van der Waals surface area contributed by atoms with Crippen LogP contribution in [0.1, 0.15) is 10.4 Å². The SMILES string of the molecule is O=C1Nc2cccc3c(=O)c4ccccc4cc1c23.